The fraction of sp³-hybridized carbons (Fsp3) is 0.0769. The van der Waals surface area contributed by atoms with Gasteiger partial charge >= 0.3 is 0 Å². The van der Waals surface area contributed by atoms with Gasteiger partial charge in [0, 0.05) is 6.20 Å². The molecule has 3 N–H and O–H groups in total. The van der Waals surface area contributed by atoms with Crippen LogP contribution >= 0.6 is 0 Å². The summed E-state index contributed by atoms with van der Waals surface area (Å²) >= 11 is 0. The second kappa shape index (κ2) is 6.23. The van der Waals surface area contributed by atoms with Crippen molar-refractivity contribution in [1.29, 1.82) is 0 Å². The predicted molar refractivity (Wildman–Crippen MR) is 70.2 cm³/mol. The number of nitrogens with zero attached hydrogens (tertiary/aromatic N) is 3. The first-order chi connectivity index (χ1) is 9.31. The van der Waals surface area contributed by atoms with Crippen molar-refractivity contribution in [3.8, 4) is 11.8 Å². The van der Waals surface area contributed by atoms with Gasteiger partial charge in [-0.2, -0.15) is 0 Å². The highest BCUT2D eigenvalue weighted by Crippen LogP contribution is 2.08. The molecule has 0 aliphatic heterocycles. The van der Waals surface area contributed by atoms with Gasteiger partial charge < -0.3 is 11.1 Å². The van der Waals surface area contributed by atoms with Crippen LogP contribution in [-0.4, -0.2) is 27.4 Å². The second-order valence-electron chi connectivity index (χ2n) is 3.49. The van der Waals surface area contributed by atoms with Crippen molar-refractivity contribution in [3.05, 3.63) is 48.3 Å². The molecule has 19 heavy (non-hydrogen) atoms. The Bertz CT molecular complexity index is 630. The van der Waals surface area contributed by atoms with E-state index in [0.29, 0.717) is 11.3 Å². The molecule has 0 aliphatic carbocycles. The Kier molecular flexibility index (Phi) is 4.16. The summed E-state index contributed by atoms with van der Waals surface area (Å²) in [6.45, 7) is 0.225. The Labute approximate surface area is 110 Å². The van der Waals surface area contributed by atoms with Crippen LogP contribution in [0, 0.1) is 11.8 Å². The topological polar surface area (TPSA) is 93.8 Å². The fourth-order valence-electron chi connectivity index (χ4n) is 1.39. The number of carbonyl (C=O) groups excluding carboxylic acids is 1. The molecule has 2 aromatic heterocycles. The van der Waals surface area contributed by atoms with E-state index in [1.165, 1.54) is 24.9 Å². The average Bonchev–Trinajstić information content (AvgIpc) is 2.46. The first kappa shape index (κ1) is 12.7. The van der Waals surface area contributed by atoms with Gasteiger partial charge in [0.25, 0.3) is 5.91 Å². The highest BCUT2D eigenvalue weighted by molar-refractivity contribution is 6.04. The van der Waals surface area contributed by atoms with Crippen LogP contribution in [0.4, 0.5) is 5.69 Å². The third-order valence-electron chi connectivity index (χ3n) is 2.17. The number of hydrogen-bond donors (Lipinski definition) is 2. The Morgan fingerprint density at radius 3 is 2.89 bits per heavy atom. The number of carbonyl (C=O) groups is 1. The third kappa shape index (κ3) is 3.34. The number of nitrogens with two attached hydrogens (primary N) is 1. The fourth-order valence-corrected chi connectivity index (χ4v) is 1.39. The van der Waals surface area contributed by atoms with Crippen molar-refractivity contribution in [3.63, 3.8) is 0 Å². The standard InChI is InChI=1S/C13H11N5O/c14-5-1-3-10-4-2-6-17-12(10)13(19)18-11-7-15-9-16-8-11/h2,4,6-9H,5,14H2,(H,18,19). The van der Waals surface area contributed by atoms with Crippen molar-refractivity contribution in [2.24, 2.45) is 5.73 Å². The van der Waals surface area contributed by atoms with Gasteiger partial charge in [-0.3, -0.25) is 4.79 Å². The lowest BCUT2D eigenvalue weighted by Gasteiger charge is -2.04. The lowest BCUT2D eigenvalue weighted by atomic mass is 10.2. The molecule has 6 heteroatoms. The van der Waals surface area contributed by atoms with Crippen LogP contribution in [0.2, 0.25) is 0 Å². The number of amides is 1. The van der Waals surface area contributed by atoms with Crippen LogP contribution in [0.1, 0.15) is 16.1 Å². The average molecular weight is 253 g/mol. The second-order valence-corrected chi connectivity index (χ2v) is 3.49. The minimum absolute atomic E-state index is 0.225. The number of anilines is 1. The van der Waals surface area contributed by atoms with Gasteiger partial charge in [0.2, 0.25) is 0 Å². The van der Waals surface area contributed by atoms with Crippen LogP contribution < -0.4 is 11.1 Å². The van der Waals surface area contributed by atoms with Gasteiger partial charge in [0.1, 0.15) is 12.0 Å². The summed E-state index contributed by atoms with van der Waals surface area (Å²) in [5.41, 5.74) is 6.58. The van der Waals surface area contributed by atoms with E-state index < -0.39 is 0 Å². The number of nitrogens with one attached hydrogen (secondary N) is 1. The number of aromatic nitrogens is 3. The van der Waals surface area contributed by atoms with E-state index in [2.05, 4.69) is 32.1 Å². The van der Waals surface area contributed by atoms with Gasteiger partial charge in [0.15, 0.2) is 0 Å². The number of rotatable bonds is 2. The van der Waals surface area contributed by atoms with E-state index in [0.717, 1.165) is 0 Å². The molecule has 0 fully saturated rings. The molecule has 0 saturated carbocycles. The molecule has 0 spiro atoms. The zero-order chi connectivity index (χ0) is 13.5. The van der Waals surface area contributed by atoms with Crippen LogP contribution in [0.15, 0.2) is 37.1 Å². The lowest BCUT2D eigenvalue weighted by molar-refractivity contribution is 0.102. The minimum Gasteiger partial charge on any atom is -0.320 e. The normalized spacial score (nSPS) is 9.32. The summed E-state index contributed by atoms with van der Waals surface area (Å²) in [5, 5.41) is 2.65. The largest absolute Gasteiger partial charge is 0.320 e. The van der Waals surface area contributed by atoms with Crippen LogP contribution in [0.25, 0.3) is 0 Å². The summed E-state index contributed by atoms with van der Waals surface area (Å²) in [6.07, 6.45) is 5.91. The molecular formula is C13H11N5O. The quantitative estimate of drug-likeness (QED) is 0.757. The highest BCUT2D eigenvalue weighted by atomic mass is 16.1. The van der Waals surface area contributed by atoms with Crippen LogP contribution in [-0.2, 0) is 0 Å². The first-order valence-corrected chi connectivity index (χ1v) is 5.51. The summed E-state index contributed by atoms with van der Waals surface area (Å²) in [7, 11) is 0. The molecule has 0 atom stereocenters. The first-order valence-electron chi connectivity index (χ1n) is 5.51. The van der Waals surface area contributed by atoms with Crippen molar-refractivity contribution < 1.29 is 4.79 Å². The molecule has 0 aliphatic rings. The van der Waals surface area contributed by atoms with E-state index in [-0.39, 0.29) is 18.1 Å². The zero-order valence-electron chi connectivity index (χ0n) is 10.00. The Morgan fingerprint density at radius 2 is 2.16 bits per heavy atom. The van der Waals surface area contributed by atoms with Gasteiger partial charge in [-0.15, -0.1) is 0 Å². The van der Waals surface area contributed by atoms with Crippen LogP contribution in [0.5, 0.6) is 0 Å². The zero-order valence-corrected chi connectivity index (χ0v) is 10.00. The molecule has 0 saturated heterocycles. The van der Waals surface area contributed by atoms with Crippen molar-refractivity contribution in [2.75, 3.05) is 11.9 Å². The van der Waals surface area contributed by atoms with E-state index in [9.17, 15) is 4.79 Å². The predicted octanol–water partition coefficient (Wildman–Crippen LogP) is 0.434. The summed E-state index contributed by atoms with van der Waals surface area (Å²) in [5.74, 6) is 5.14. The van der Waals surface area contributed by atoms with E-state index in [4.69, 9.17) is 5.73 Å². The van der Waals surface area contributed by atoms with Crippen molar-refractivity contribution >= 4 is 11.6 Å². The highest BCUT2D eigenvalue weighted by Gasteiger charge is 2.11. The van der Waals surface area contributed by atoms with Crippen molar-refractivity contribution in [1.82, 2.24) is 15.0 Å². The maximum absolute atomic E-state index is 12.1. The number of pyridine rings is 1. The molecule has 6 nitrogen and oxygen atoms in total. The molecular weight excluding hydrogens is 242 g/mol. The minimum atomic E-state index is -0.364. The van der Waals surface area contributed by atoms with E-state index in [1.807, 2.05) is 0 Å². The lowest BCUT2D eigenvalue weighted by Crippen LogP contribution is -2.15. The molecule has 1 amide bonds. The molecule has 0 bridgehead atoms. The molecule has 2 heterocycles. The van der Waals surface area contributed by atoms with Gasteiger partial charge in [0.05, 0.1) is 30.2 Å². The summed E-state index contributed by atoms with van der Waals surface area (Å²) < 4.78 is 0. The maximum Gasteiger partial charge on any atom is 0.275 e. The smallest absolute Gasteiger partial charge is 0.275 e. The Morgan fingerprint density at radius 1 is 1.37 bits per heavy atom. The monoisotopic (exact) mass is 253 g/mol. The SMILES string of the molecule is NCC#Cc1cccnc1C(=O)Nc1cncnc1. The van der Waals surface area contributed by atoms with Crippen LogP contribution in [0.3, 0.4) is 0 Å². The maximum atomic E-state index is 12.1. The summed E-state index contributed by atoms with van der Waals surface area (Å²) in [4.78, 5) is 23.7. The molecule has 2 rings (SSSR count). The van der Waals surface area contributed by atoms with E-state index >= 15 is 0 Å². The van der Waals surface area contributed by atoms with Gasteiger partial charge in [-0.1, -0.05) is 11.8 Å². The molecule has 0 radical (unpaired) electrons. The van der Waals surface area contributed by atoms with Crippen molar-refractivity contribution in [2.45, 2.75) is 0 Å². The molecule has 0 unspecified atom stereocenters. The molecule has 2 aromatic rings. The summed E-state index contributed by atoms with van der Waals surface area (Å²) in [6, 6.07) is 3.43. The third-order valence-corrected chi connectivity index (χ3v) is 2.17. The molecule has 94 valence electrons. The van der Waals surface area contributed by atoms with E-state index in [1.54, 1.807) is 12.1 Å². The Hall–Kier alpha value is -2.78. The number of hydrogen-bond acceptors (Lipinski definition) is 5. The Balaban J connectivity index is 2.24. The molecule has 0 aromatic carbocycles. The van der Waals surface area contributed by atoms with Gasteiger partial charge in [-0.25, -0.2) is 15.0 Å². The van der Waals surface area contributed by atoms with Gasteiger partial charge in [-0.05, 0) is 12.1 Å².